The Labute approximate surface area is 142 Å². The highest BCUT2D eigenvalue weighted by atomic mass is 32.1. The monoisotopic (exact) mass is 331 g/mol. The summed E-state index contributed by atoms with van der Waals surface area (Å²) >= 11 is 1.54. The predicted octanol–water partition coefficient (Wildman–Crippen LogP) is 2.99. The summed E-state index contributed by atoms with van der Waals surface area (Å²) < 4.78 is 4.42. The van der Waals surface area contributed by atoms with E-state index >= 15 is 0 Å². The smallest absolute Gasteiger partial charge is 0.205 e. The maximum Gasteiger partial charge on any atom is 0.205 e. The Bertz CT molecular complexity index is 600. The third-order valence-electron chi connectivity index (χ3n) is 4.50. The van der Waals surface area contributed by atoms with E-state index in [1.165, 1.54) is 19.3 Å². The lowest BCUT2D eigenvalue weighted by Crippen LogP contribution is -2.33. The van der Waals surface area contributed by atoms with Crippen molar-refractivity contribution in [1.29, 1.82) is 0 Å². The van der Waals surface area contributed by atoms with E-state index in [0.717, 1.165) is 42.7 Å². The number of hydrogen-bond acceptors (Lipinski definition) is 6. The van der Waals surface area contributed by atoms with Crippen LogP contribution in [0.25, 0.3) is 0 Å². The highest BCUT2D eigenvalue weighted by Gasteiger charge is 2.22. The molecule has 1 atom stereocenters. The van der Waals surface area contributed by atoms with Crippen LogP contribution in [0.1, 0.15) is 37.7 Å². The van der Waals surface area contributed by atoms with Crippen molar-refractivity contribution in [2.45, 2.75) is 45.2 Å². The summed E-state index contributed by atoms with van der Waals surface area (Å²) in [5.74, 6) is 0.970. The van der Waals surface area contributed by atoms with Crippen LogP contribution < -0.4 is 4.90 Å². The minimum atomic E-state index is 0.612. The van der Waals surface area contributed by atoms with Crippen molar-refractivity contribution < 1.29 is 0 Å². The van der Waals surface area contributed by atoms with Crippen LogP contribution in [0.15, 0.2) is 24.4 Å². The molecule has 3 rings (SSSR count). The first-order valence-electron chi connectivity index (χ1n) is 8.44. The van der Waals surface area contributed by atoms with E-state index in [0.29, 0.717) is 6.04 Å². The molecule has 0 radical (unpaired) electrons. The first-order chi connectivity index (χ1) is 11.3. The van der Waals surface area contributed by atoms with Crippen molar-refractivity contribution in [1.82, 2.24) is 19.2 Å². The Balaban J connectivity index is 1.57. The first kappa shape index (κ1) is 16.3. The number of rotatable bonds is 5. The first-order valence-corrected chi connectivity index (χ1v) is 9.21. The SMILES string of the molecule is CCc1nsc(N2CCCC(N(C)Cc3ccccn3)CC2)n1. The zero-order valence-electron chi connectivity index (χ0n) is 14.0. The number of aryl methyl sites for hydroxylation is 1. The molecule has 0 aliphatic carbocycles. The molecule has 2 aromatic rings. The second-order valence-corrected chi connectivity index (χ2v) is 6.88. The number of nitrogens with zero attached hydrogens (tertiary/aromatic N) is 5. The van der Waals surface area contributed by atoms with Crippen LogP contribution in [0.5, 0.6) is 0 Å². The van der Waals surface area contributed by atoms with Crippen molar-refractivity contribution in [2.75, 3.05) is 25.0 Å². The van der Waals surface area contributed by atoms with E-state index in [2.05, 4.69) is 50.2 Å². The van der Waals surface area contributed by atoms with Gasteiger partial charge in [-0.3, -0.25) is 9.88 Å². The molecule has 1 aliphatic rings. The normalized spacial score (nSPS) is 19.1. The molecule has 0 amide bonds. The molecular weight excluding hydrogens is 306 g/mol. The standard InChI is InChI=1S/C17H25N5S/c1-3-16-19-17(23-20-16)22-11-6-8-15(9-12-22)21(2)13-14-7-4-5-10-18-14/h4-5,7,10,15H,3,6,8-9,11-13H2,1-2H3. The largest absolute Gasteiger partial charge is 0.347 e. The van der Waals surface area contributed by atoms with Crippen molar-refractivity contribution in [3.8, 4) is 0 Å². The molecule has 6 heteroatoms. The van der Waals surface area contributed by atoms with Crippen LogP contribution in [0, 0.1) is 0 Å². The summed E-state index contributed by atoms with van der Waals surface area (Å²) in [6.07, 6.45) is 6.40. The number of pyridine rings is 1. The molecule has 1 fully saturated rings. The van der Waals surface area contributed by atoms with E-state index in [1.54, 1.807) is 11.5 Å². The minimum Gasteiger partial charge on any atom is -0.347 e. The van der Waals surface area contributed by atoms with Gasteiger partial charge < -0.3 is 4.90 Å². The van der Waals surface area contributed by atoms with Gasteiger partial charge in [0.1, 0.15) is 5.82 Å². The van der Waals surface area contributed by atoms with Gasteiger partial charge in [0.25, 0.3) is 0 Å². The lowest BCUT2D eigenvalue weighted by Gasteiger charge is -2.26. The second kappa shape index (κ2) is 7.84. The highest BCUT2D eigenvalue weighted by molar-refractivity contribution is 7.09. The Morgan fingerprint density at radius 1 is 1.30 bits per heavy atom. The maximum atomic E-state index is 4.64. The summed E-state index contributed by atoms with van der Waals surface area (Å²) in [6.45, 7) is 5.18. The summed E-state index contributed by atoms with van der Waals surface area (Å²) in [5, 5.41) is 1.09. The summed E-state index contributed by atoms with van der Waals surface area (Å²) in [4.78, 5) is 13.9. The van der Waals surface area contributed by atoms with Crippen molar-refractivity contribution in [3.63, 3.8) is 0 Å². The average Bonchev–Trinajstić information content (AvgIpc) is 2.92. The van der Waals surface area contributed by atoms with Crippen LogP contribution in [0.4, 0.5) is 5.13 Å². The number of hydrogen-bond donors (Lipinski definition) is 0. The molecule has 1 saturated heterocycles. The fourth-order valence-electron chi connectivity index (χ4n) is 3.10. The number of anilines is 1. The Hall–Kier alpha value is -1.53. The molecule has 3 heterocycles. The molecule has 1 aliphatic heterocycles. The quantitative estimate of drug-likeness (QED) is 0.843. The fourth-order valence-corrected chi connectivity index (χ4v) is 3.91. The summed E-state index contributed by atoms with van der Waals surface area (Å²) in [7, 11) is 2.22. The molecule has 0 N–H and O–H groups in total. The van der Waals surface area contributed by atoms with E-state index in [9.17, 15) is 0 Å². The third kappa shape index (κ3) is 4.26. The molecule has 124 valence electrons. The van der Waals surface area contributed by atoms with Crippen LogP contribution in [0.3, 0.4) is 0 Å². The van der Waals surface area contributed by atoms with E-state index < -0.39 is 0 Å². The summed E-state index contributed by atoms with van der Waals surface area (Å²) in [5.41, 5.74) is 1.15. The second-order valence-electron chi connectivity index (χ2n) is 6.15. The Morgan fingerprint density at radius 3 is 2.96 bits per heavy atom. The molecule has 2 aromatic heterocycles. The van der Waals surface area contributed by atoms with Gasteiger partial charge >= 0.3 is 0 Å². The molecule has 1 unspecified atom stereocenters. The molecule has 0 bridgehead atoms. The van der Waals surface area contributed by atoms with Gasteiger partial charge in [0.2, 0.25) is 5.13 Å². The van der Waals surface area contributed by atoms with Gasteiger partial charge in [-0.1, -0.05) is 13.0 Å². The van der Waals surface area contributed by atoms with Gasteiger partial charge in [-0.2, -0.15) is 4.37 Å². The van der Waals surface area contributed by atoms with Crippen molar-refractivity contribution in [2.24, 2.45) is 0 Å². The topological polar surface area (TPSA) is 45.2 Å². The molecule has 0 saturated carbocycles. The minimum absolute atomic E-state index is 0.612. The third-order valence-corrected chi connectivity index (χ3v) is 5.32. The fraction of sp³-hybridized carbons (Fsp3) is 0.588. The molecular formula is C17H25N5S. The van der Waals surface area contributed by atoms with E-state index in [4.69, 9.17) is 0 Å². The molecule has 23 heavy (non-hydrogen) atoms. The summed E-state index contributed by atoms with van der Waals surface area (Å²) in [6, 6.07) is 6.75. The Morgan fingerprint density at radius 2 is 2.22 bits per heavy atom. The van der Waals surface area contributed by atoms with Gasteiger partial charge in [-0.05, 0) is 38.4 Å². The lowest BCUT2D eigenvalue weighted by molar-refractivity contribution is 0.215. The van der Waals surface area contributed by atoms with Gasteiger partial charge in [0.15, 0.2) is 0 Å². The lowest BCUT2D eigenvalue weighted by atomic mass is 10.1. The Kier molecular flexibility index (Phi) is 5.56. The number of aromatic nitrogens is 3. The van der Waals surface area contributed by atoms with Crippen LogP contribution in [0.2, 0.25) is 0 Å². The van der Waals surface area contributed by atoms with E-state index in [1.807, 2.05) is 12.3 Å². The van der Waals surface area contributed by atoms with Gasteiger partial charge in [-0.15, -0.1) is 0 Å². The van der Waals surface area contributed by atoms with Crippen LogP contribution >= 0.6 is 11.5 Å². The molecule has 0 spiro atoms. The van der Waals surface area contributed by atoms with Crippen LogP contribution in [-0.2, 0) is 13.0 Å². The molecule has 0 aromatic carbocycles. The molecule has 5 nitrogen and oxygen atoms in total. The highest BCUT2D eigenvalue weighted by Crippen LogP contribution is 2.23. The zero-order chi connectivity index (χ0) is 16.1. The van der Waals surface area contributed by atoms with Crippen molar-refractivity contribution >= 4 is 16.7 Å². The van der Waals surface area contributed by atoms with Gasteiger partial charge in [0, 0.05) is 49.8 Å². The maximum absolute atomic E-state index is 4.64. The average molecular weight is 331 g/mol. The van der Waals surface area contributed by atoms with Crippen molar-refractivity contribution in [3.05, 3.63) is 35.9 Å². The predicted molar refractivity (Wildman–Crippen MR) is 94.8 cm³/mol. The van der Waals surface area contributed by atoms with Gasteiger partial charge in [-0.25, -0.2) is 4.98 Å². The van der Waals surface area contributed by atoms with Gasteiger partial charge in [0.05, 0.1) is 5.69 Å². The van der Waals surface area contributed by atoms with E-state index in [-0.39, 0.29) is 0 Å². The van der Waals surface area contributed by atoms with Crippen LogP contribution in [-0.4, -0.2) is 45.4 Å². The zero-order valence-corrected chi connectivity index (χ0v) is 14.8.